The molecule has 0 saturated heterocycles. The van der Waals surface area contributed by atoms with Gasteiger partial charge in [-0.25, -0.2) is 33.6 Å². The van der Waals surface area contributed by atoms with E-state index in [1.807, 2.05) is 193 Å². The van der Waals surface area contributed by atoms with E-state index in [-0.39, 0.29) is 50.6 Å². The summed E-state index contributed by atoms with van der Waals surface area (Å²) in [6, 6.07) is 8.54. The number of aliphatic hydroxyl groups excluding tert-OH is 1. The predicted molar refractivity (Wildman–Crippen MR) is 421 cm³/mol. The van der Waals surface area contributed by atoms with Crippen molar-refractivity contribution >= 4 is 47.8 Å². The minimum Gasteiger partial charge on any atom is -0.481 e. The van der Waals surface area contributed by atoms with Gasteiger partial charge in [-0.3, -0.25) is 4.79 Å². The summed E-state index contributed by atoms with van der Waals surface area (Å²) >= 11 is 0. The molecule has 0 aromatic heterocycles. The minimum absolute atomic E-state index is 0. The molecule has 0 spiro atoms. The van der Waals surface area contributed by atoms with Gasteiger partial charge in [-0.15, -0.1) is 0 Å². The van der Waals surface area contributed by atoms with E-state index in [9.17, 15) is 38.4 Å². The van der Waals surface area contributed by atoms with Gasteiger partial charge in [-0.05, 0) is 167 Å². The Hall–Kier alpha value is -7.88. The highest BCUT2D eigenvalue weighted by Gasteiger charge is 2.19. The molecule has 20 nitrogen and oxygen atoms in total. The van der Waals surface area contributed by atoms with Crippen LogP contribution in [0.15, 0.2) is 107 Å². The number of carboxylic acids is 8. The minimum atomic E-state index is -1.06. The van der Waals surface area contributed by atoms with Crippen molar-refractivity contribution in [2.24, 2.45) is 47.3 Å². The Morgan fingerprint density at radius 2 is 0.913 bits per heavy atom. The fourth-order valence-corrected chi connectivity index (χ4v) is 7.90. The quantitative estimate of drug-likeness (QED) is 0.0249. The number of benzene rings is 1. The molecule has 0 radical (unpaired) electrons. The van der Waals surface area contributed by atoms with Gasteiger partial charge in [0, 0.05) is 53.7 Å². The Morgan fingerprint density at radius 1 is 0.524 bits per heavy atom. The molecule has 9 N–H and O–H groups in total. The summed E-state index contributed by atoms with van der Waals surface area (Å²) in [5.74, 6) is 5.80. The van der Waals surface area contributed by atoms with Gasteiger partial charge in [0.25, 0.3) is 0 Å². The number of aryl methyl sites for hydroxylation is 1. The summed E-state index contributed by atoms with van der Waals surface area (Å²) in [5, 5.41) is 75.1. The smallest absolute Gasteiger partial charge is 0.381 e. The monoisotopic (exact) mass is 1460 g/mol. The van der Waals surface area contributed by atoms with Crippen LogP contribution in [0.4, 0.5) is 0 Å². The fourth-order valence-electron chi connectivity index (χ4n) is 7.90. The number of rotatable bonds is 25. The van der Waals surface area contributed by atoms with Gasteiger partial charge in [-0.2, -0.15) is 0 Å². The van der Waals surface area contributed by atoms with Crippen molar-refractivity contribution in [2.45, 2.75) is 277 Å². The molecular formula is C83H142O20. The third-order valence-electron chi connectivity index (χ3n) is 12.3. The maximum atomic E-state index is 10.5. The van der Waals surface area contributed by atoms with Crippen LogP contribution < -0.4 is 0 Å². The normalized spacial score (nSPS) is 10.9. The van der Waals surface area contributed by atoms with Crippen LogP contribution in [0.25, 0.3) is 0 Å². The molecule has 0 aliphatic carbocycles. The lowest BCUT2D eigenvalue weighted by Gasteiger charge is -2.24. The molecule has 0 fully saturated rings. The zero-order valence-electron chi connectivity index (χ0n) is 68.3. The van der Waals surface area contributed by atoms with Crippen LogP contribution in [0.1, 0.15) is 252 Å². The maximum Gasteiger partial charge on any atom is 0.381 e. The first-order chi connectivity index (χ1) is 46.2. The lowest BCUT2D eigenvalue weighted by molar-refractivity contribution is -0.136. The number of aliphatic hydroxyl groups is 1. The summed E-state index contributed by atoms with van der Waals surface area (Å²) < 4.78 is 16.1. The second-order valence-corrected chi connectivity index (χ2v) is 27.9. The van der Waals surface area contributed by atoms with Crippen molar-refractivity contribution < 1.29 is 98.5 Å². The van der Waals surface area contributed by atoms with Gasteiger partial charge in [-0.1, -0.05) is 210 Å². The van der Waals surface area contributed by atoms with Crippen LogP contribution in [0.2, 0.25) is 0 Å². The number of hydrogen-bond donors (Lipinski definition) is 9. The van der Waals surface area contributed by atoms with E-state index in [0.29, 0.717) is 53.6 Å². The van der Waals surface area contributed by atoms with E-state index >= 15 is 0 Å². The second-order valence-electron chi connectivity index (χ2n) is 27.9. The van der Waals surface area contributed by atoms with E-state index in [1.54, 1.807) is 19.9 Å². The van der Waals surface area contributed by atoms with Crippen LogP contribution in [-0.2, 0) is 52.6 Å². The number of aliphatic carboxylic acids is 8. The Morgan fingerprint density at radius 3 is 1.12 bits per heavy atom. The van der Waals surface area contributed by atoms with Gasteiger partial charge in [0.15, 0.2) is 0 Å². The van der Waals surface area contributed by atoms with Crippen molar-refractivity contribution in [1.82, 2.24) is 0 Å². The largest absolute Gasteiger partial charge is 0.481 e. The third-order valence-corrected chi connectivity index (χ3v) is 12.3. The van der Waals surface area contributed by atoms with Crippen molar-refractivity contribution in [3.05, 3.63) is 118 Å². The second kappa shape index (κ2) is 67.3. The molecule has 0 saturated carbocycles. The molecule has 0 bridgehead atoms. The van der Waals surface area contributed by atoms with Crippen molar-refractivity contribution in [2.75, 3.05) is 13.2 Å². The summed E-state index contributed by atoms with van der Waals surface area (Å²) in [6.07, 6.45) is 10.6. The maximum absolute atomic E-state index is 10.5. The molecule has 0 heterocycles. The van der Waals surface area contributed by atoms with Crippen molar-refractivity contribution in [3.8, 4) is 23.7 Å². The molecule has 1 aromatic carbocycles. The average Bonchev–Trinajstić information content (AvgIpc) is 0.913. The van der Waals surface area contributed by atoms with E-state index in [4.69, 9.17) is 60.2 Å². The number of carbonyl (C=O) groups is 8. The number of carboxylic acid groups (broad SMARTS) is 8. The average molecular weight is 1460 g/mol. The van der Waals surface area contributed by atoms with Crippen LogP contribution >= 0.6 is 0 Å². The van der Waals surface area contributed by atoms with E-state index < -0.39 is 59.0 Å². The summed E-state index contributed by atoms with van der Waals surface area (Å²) in [4.78, 5) is 81.5. The SMILES string of the molecule is C.C/C(=C\C(=O)O)COC(C)C.C/C(=C\C(C)(C)OC(C)C)C(=O)O.C=C(CC(=O)O)C(C)C.CC(C)C#CC(=O)O.CC(C)C#CCO.CC(C)C(=CC(=O)O)C(C)C.CC(C)C(=CC(=O)O)C(C)C.CC(C)OC(C)(C)/C=C/C(=O)O.CC/C(=C\C(=O)O)C(C)C.Cc1ccccc1C(C)C. The summed E-state index contributed by atoms with van der Waals surface area (Å²) in [7, 11) is 0. The fraction of sp³-hybridized carbons (Fsp3) is 0.614. The first-order valence-electron chi connectivity index (χ1n) is 34.5. The number of ether oxygens (including phenoxy) is 3. The zero-order chi connectivity index (χ0) is 82.7. The van der Waals surface area contributed by atoms with Crippen molar-refractivity contribution in [3.63, 3.8) is 0 Å². The zero-order valence-corrected chi connectivity index (χ0v) is 68.3. The van der Waals surface area contributed by atoms with Gasteiger partial charge in [0.05, 0.1) is 42.5 Å². The Bertz CT molecular complexity index is 2810. The molecule has 0 aliphatic heterocycles. The van der Waals surface area contributed by atoms with Crippen LogP contribution in [0.5, 0.6) is 0 Å². The predicted octanol–water partition coefficient (Wildman–Crippen LogP) is 19.0. The van der Waals surface area contributed by atoms with Crippen LogP contribution in [-0.4, -0.2) is 136 Å². The molecule has 0 unspecified atom stereocenters. The third kappa shape index (κ3) is 94.1. The Balaban J connectivity index is -0.000000117. The van der Waals surface area contributed by atoms with Gasteiger partial charge >= 0.3 is 47.8 Å². The summed E-state index contributed by atoms with van der Waals surface area (Å²) in [5.41, 5.74) is 6.64. The highest BCUT2D eigenvalue weighted by Crippen LogP contribution is 2.21. The lowest BCUT2D eigenvalue weighted by Crippen LogP contribution is -2.26. The topological polar surface area (TPSA) is 346 Å². The lowest BCUT2D eigenvalue weighted by atomic mass is 9.92. The standard InChI is InChI=1S/C10H18O3.C10H14.C9H16O3.2C9H16O2.C8H14O3.C8H14O2.C7H12O2.C6H8O2.C6H10O.CH4/c1-7(2)13-10(4,5)6-8(3)9(11)12;1-8(2)10-7-5-4-6-9(10)3;1-7(2)12-9(3,4)6-5-8(10)11;2*1-6(2)8(7(3)4)5-9(10)11;1-6(2)11-5-7(3)4-8(9)10;1-4-7(6(2)3)5-8(9)10;1-5(2)6(3)4-7(8)9;1-5(2)3-4-6(7)8;1-6(2)4-3-5-7;/h6-7H,1-5H3,(H,11,12);4-8H,1-3H3;5-7H,1-4H3,(H,10,11);2*5-7H,1-4H3,(H,10,11);4,6H,5H2,1-3H3,(H,9,10);5-6H,4H2,1-3H3,(H,9,10);5H,3-4H2,1-2H3,(H,8,9);5H,1-2H3,(H,7,8);6-7H,5H2,1-2H3;1H4/b8-6+;;6-5+;;;7-4+;7-5+;;;;. The summed E-state index contributed by atoms with van der Waals surface area (Å²) in [6.45, 7) is 66.3. The van der Waals surface area contributed by atoms with Gasteiger partial charge in [0.1, 0.15) is 6.61 Å². The molecule has 0 amide bonds. The Labute approximate surface area is 623 Å². The molecule has 20 heteroatoms. The van der Waals surface area contributed by atoms with E-state index in [1.165, 1.54) is 35.4 Å². The molecular weight excluding hydrogens is 1320 g/mol. The number of hydrogen-bond acceptors (Lipinski definition) is 12. The van der Waals surface area contributed by atoms with Crippen LogP contribution in [0.3, 0.4) is 0 Å². The molecule has 0 aliphatic rings. The first-order valence-corrected chi connectivity index (χ1v) is 34.5. The van der Waals surface area contributed by atoms with Crippen LogP contribution in [0, 0.1) is 77.9 Å². The first kappa shape index (κ1) is 116. The molecule has 1 rings (SSSR count). The van der Waals surface area contributed by atoms with Gasteiger partial charge < -0.3 is 60.2 Å². The molecule has 594 valence electrons. The highest BCUT2D eigenvalue weighted by molar-refractivity contribution is 5.87. The van der Waals surface area contributed by atoms with E-state index in [0.717, 1.165) is 46.4 Å². The molecule has 103 heavy (non-hydrogen) atoms. The molecule has 1 aromatic rings. The van der Waals surface area contributed by atoms with Gasteiger partial charge in [0.2, 0.25) is 0 Å². The highest BCUT2D eigenvalue weighted by atomic mass is 16.5. The van der Waals surface area contributed by atoms with Crippen molar-refractivity contribution in [1.29, 1.82) is 0 Å². The Kier molecular flexibility index (Phi) is 76.0. The number of allylic oxidation sites excluding steroid dienone is 3. The van der Waals surface area contributed by atoms with E-state index in [2.05, 4.69) is 69.4 Å². The molecule has 0 atom stereocenters.